The molecule has 2 saturated heterocycles. The van der Waals surface area contributed by atoms with Crippen molar-refractivity contribution >= 4 is 15.9 Å². The van der Waals surface area contributed by atoms with Gasteiger partial charge in [0, 0.05) is 26.1 Å². The lowest BCUT2D eigenvalue weighted by molar-refractivity contribution is -0.120. The molecule has 2 heterocycles. The van der Waals surface area contributed by atoms with Crippen LogP contribution in [-0.4, -0.2) is 38.3 Å². The van der Waals surface area contributed by atoms with Crippen molar-refractivity contribution in [2.75, 3.05) is 19.6 Å². The van der Waals surface area contributed by atoms with Gasteiger partial charge in [-0.3, -0.25) is 4.79 Å². The van der Waals surface area contributed by atoms with E-state index in [9.17, 15) is 13.2 Å². The van der Waals surface area contributed by atoms with Crippen molar-refractivity contribution in [3.63, 3.8) is 0 Å². The molecule has 0 bridgehead atoms. The fourth-order valence-electron chi connectivity index (χ4n) is 4.43. The summed E-state index contributed by atoms with van der Waals surface area (Å²) in [5.41, 5.74) is 2.92. The Bertz CT molecular complexity index is 861. The Hall–Kier alpha value is -1.40. The van der Waals surface area contributed by atoms with Crippen molar-refractivity contribution in [2.24, 2.45) is 5.41 Å². The molecule has 1 aromatic rings. The Kier molecular flexibility index (Phi) is 5.67. The molecule has 6 heteroatoms. The molecular weight excluding hydrogens is 372 g/mol. The summed E-state index contributed by atoms with van der Waals surface area (Å²) in [6, 6.07) is 3.98. The predicted molar refractivity (Wildman–Crippen MR) is 112 cm³/mol. The second-order valence-corrected chi connectivity index (χ2v) is 11.6. The van der Waals surface area contributed by atoms with Crippen molar-refractivity contribution in [3.8, 4) is 0 Å². The average molecular weight is 407 g/mol. The van der Waals surface area contributed by atoms with Crippen LogP contribution in [0, 0.1) is 19.3 Å². The van der Waals surface area contributed by atoms with Gasteiger partial charge in [0.2, 0.25) is 15.9 Å². The first kappa shape index (κ1) is 21.3. The van der Waals surface area contributed by atoms with Crippen LogP contribution in [0.4, 0.5) is 0 Å². The zero-order chi connectivity index (χ0) is 20.7. The Labute approximate surface area is 169 Å². The van der Waals surface area contributed by atoms with Gasteiger partial charge < -0.3 is 5.32 Å². The number of carbonyl (C=O) groups excluding carboxylic acids is 1. The van der Waals surface area contributed by atoms with E-state index in [2.05, 4.69) is 32.2 Å². The minimum Gasteiger partial charge on any atom is -0.356 e. The SMILES string of the molecule is Cc1cc(C(C)(C)C)cc(S(=O)(=O)N2CCC3(CCNC(=O)CC3)CC2)c1C. The zero-order valence-electron chi connectivity index (χ0n) is 17.9. The van der Waals surface area contributed by atoms with Gasteiger partial charge in [-0.2, -0.15) is 4.31 Å². The molecule has 5 nitrogen and oxygen atoms in total. The van der Waals surface area contributed by atoms with Crippen LogP contribution in [0.2, 0.25) is 0 Å². The first-order valence-corrected chi connectivity index (χ1v) is 11.8. The summed E-state index contributed by atoms with van der Waals surface area (Å²) in [4.78, 5) is 12.1. The maximum atomic E-state index is 13.5. The summed E-state index contributed by atoms with van der Waals surface area (Å²) >= 11 is 0. The summed E-state index contributed by atoms with van der Waals surface area (Å²) < 4.78 is 28.6. The highest BCUT2D eigenvalue weighted by atomic mass is 32.2. The van der Waals surface area contributed by atoms with Crippen molar-refractivity contribution in [1.82, 2.24) is 9.62 Å². The quantitative estimate of drug-likeness (QED) is 0.815. The van der Waals surface area contributed by atoms with E-state index < -0.39 is 10.0 Å². The second-order valence-electron chi connectivity index (χ2n) is 9.67. The molecular formula is C22H34N2O3S. The number of amides is 1. The van der Waals surface area contributed by atoms with E-state index in [1.807, 2.05) is 19.9 Å². The van der Waals surface area contributed by atoms with Crippen LogP contribution < -0.4 is 5.32 Å². The molecule has 0 atom stereocenters. The molecule has 0 aromatic heterocycles. The Morgan fingerprint density at radius 2 is 1.68 bits per heavy atom. The molecule has 1 amide bonds. The van der Waals surface area contributed by atoms with Crippen LogP contribution in [0.15, 0.2) is 17.0 Å². The smallest absolute Gasteiger partial charge is 0.243 e. The van der Waals surface area contributed by atoms with Gasteiger partial charge in [-0.25, -0.2) is 8.42 Å². The number of hydrogen-bond donors (Lipinski definition) is 1. The van der Waals surface area contributed by atoms with Crippen molar-refractivity contribution in [3.05, 3.63) is 28.8 Å². The monoisotopic (exact) mass is 406 g/mol. The largest absolute Gasteiger partial charge is 0.356 e. The first-order valence-electron chi connectivity index (χ1n) is 10.3. The highest BCUT2D eigenvalue weighted by Crippen LogP contribution is 2.42. The molecule has 2 aliphatic rings. The van der Waals surface area contributed by atoms with Crippen LogP contribution >= 0.6 is 0 Å². The number of aryl methyl sites for hydroxylation is 1. The third-order valence-corrected chi connectivity index (χ3v) is 8.77. The molecule has 0 aliphatic carbocycles. The molecule has 1 aromatic carbocycles. The van der Waals surface area contributed by atoms with E-state index in [0.29, 0.717) is 31.0 Å². The normalized spacial score (nSPS) is 21.4. The van der Waals surface area contributed by atoms with E-state index in [1.165, 1.54) is 0 Å². The van der Waals surface area contributed by atoms with Crippen molar-refractivity contribution in [2.45, 2.75) is 77.0 Å². The number of benzene rings is 1. The predicted octanol–water partition coefficient (Wildman–Crippen LogP) is 3.67. The molecule has 156 valence electrons. The van der Waals surface area contributed by atoms with Crippen LogP contribution in [0.1, 0.15) is 69.6 Å². The lowest BCUT2D eigenvalue weighted by Crippen LogP contribution is -2.43. The number of nitrogens with zero attached hydrogens (tertiary/aromatic N) is 1. The molecule has 28 heavy (non-hydrogen) atoms. The van der Waals surface area contributed by atoms with Gasteiger partial charge in [-0.05, 0) is 73.1 Å². The van der Waals surface area contributed by atoms with Gasteiger partial charge in [0.05, 0.1) is 4.90 Å². The molecule has 3 rings (SSSR count). The first-order chi connectivity index (χ1) is 12.9. The number of piperidine rings is 1. The molecule has 2 aliphatic heterocycles. The minimum absolute atomic E-state index is 0.101. The fourth-order valence-corrected chi connectivity index (χ4v) is 6.19. The Morgan fingerprint density at radius 1 is 1.04 bits per heavy atom. The second kappa shape index (κ2) is 7.45. The summed E-state index contributed by atoms with van der Waals surface area (Å²) in [6.07, 6.45) is 4.03. The van der Waals surface area contributed by atoms with Gasteiger partial charge in [0.1, 0.15) is 0 Å². The topological polar surface area (TPSA) is 66.5 Å². The van der Waals surface area contributed by atoms with E-state index in [1.54, 1.807) is 4.31 Å². The summed E-state index contributed by atoms with van der Waals surface area (Å²) in [5, 5.41) is 2.95. The number of nitrogens with one attached hydrogen (secondary N) is 1. The fraction of sp³-hybridized carbons (Fsp3) is 0.682. The molecule has 1 N–H and O–H groups in total. The highest BCUT2D eigenvalue weighted by molar-refractivity contribution is 7.89. The zero-order valence-corrected chi connectivity index (χ0v) is 18.7. The van der Waals surface area contributed by atoms with Gasteiger partial charge in [0.15, 0.2) is 0 Å². The third-order valence-electron chi connectivity index (χ3n) is 6.75. The molecule has 0 unspecified atom stereocenters. The van der Waals surface area contributed by atoms with E-state index in [0.717, 1.165) is 42.4 Å². The number of carbonyl (C=O) groups is 1. The maximum Gasteiger partial charge on any atom is 0.243 e. The highest BCUT2D eigenvalue weighted by Gasteiger charge is 2.40. The van der Waals surface area contributed by atoms with Gasteiger partial charge >= 0.3 is 0 Å². The summed E-state index contributed by atoms with van der Waals surface area (Å²) in [7, 11) is -3.52. The molecule has 0 saturated carbocycles. The Morgan fingerprint density at radius 3 is 2.29 bits per heavy atom. The number of rotatable bonds is 2. The van der Waals surface area contributed by atoms with Gasteiger partial charge in [-0.1, -0.05) is 26.8 Å². The van der Waals surface area contributed by atoms with Crippen molar-refractivity contribution in [1.29, 1.82) is 0 Å². The lowest BCUT2D eigenvalue weighted by atomic mass is 9.73. The molecule has 0 radical (unpaired) electrons. The molecule has 2 fully saturated rings. The standard InChI is InChI=1S/C22H34N2O3S/c1-16-14-18(21(3,4)5)15-19(17(16)2)28(26,27)24-12-9-22(10-13-24)7-6-20(25)23-11-8-22/h14-15H,6-13H2,1-5H3,(H,23,25). The average Bonchev–Trinajstić information content (AvgIpc) is 2.78. The van der Waals surface area contributed by atoms with E-state index >= 15 is 0 Å². The van der Waals surface area contributed by atoms with Crippen LogP contribution in [0.5, 0.6) is 0 Å². The van der Waals surface area contributed by atoms with Crippen molar-refractivity contribution < 1.29 is 13.2 Å². The number of hydrogen-bond acceptors (Lipinski definition) is 3. The van der Waals surface area contributed by atoms with E-state index in [4.69, 9.17) is 0 Å². The lowest BCUT2D eigenvalue weighted by Gasteiger charge is -2.41. The maximum absolute atomic E-state index is 13.5. The van der Waals surface area contributed by atoms with E-state index in [-0.39, 0.29) is 16.7 Å². The minimum atomic E-state index is -3.52. The number of sulfonamides is 1. The Balaban J connectivity index is 1.85. The van der Waals surface area contributed by atoms with Crippen LogP contribution in [-0.2, 0) is 20.2 Å². The summed E-state index contributed by atoms with van der Waals surface area (Å²) in [6.45, 7) is 12.0. The molecule has 1 spiro atoms. The summed E-state index contributed by atoms with van der Waals surface area (Å²) in [5.74, 6) is 0.122. The van der Waals surface area contributed by atoms with Crippen LogP contribution in [0.25, 0.3) is 0 Å². The third kappa shape index (κ3) is 4.13. The van der Waals surface area contributed by atoms with Gasteiger partial charge in [-0.15, -0.1) is 0 Å². The van der Waals surface area contributed by atoms with Crippen LogP contribution in [0.3, 0.4) is 0 Å². The van der Waals surface area contributed by atoms with Gasteiger partial charge in [0.25, 0.3) is 0 Å².